The van der Waals surface area contributed by atoms with Crippen LogP contribution in [0, 0.1) is 0 Å². The number of allylic oxidation sites excluding steroid dienone is 16. The van der Waals surface area contributed by atoms with Gasteiger partial charge in [-0.3, -0.25) is 14.4 Å². The van der Waals surface area contributed by atoms with Gasteiger partial charge in [0.15, 0.2) is 6.10 Å². The second-order valence-electron chi connectivity index (χ2n) is 19.9. The lowest BCUT2D eigenvalue weighted by atomic mass is 10.1. The Bertz CT molecular complexity index is 1430. The number of carbonyl (C=O) groups is 3. The van der Waals surface area contributed by atoms with Crippen LogP contribution in [-0.4, -0.2) is 37.2 Å². The smallest absolute Gasteiger partial charge is 0.306 e. The zero-order chi connectivity index (χ0) is 52.2. The SMILES string of the molecule is CC/C=C\C/C=C\C/C=C\C/C=C\CCCCCCC(=O)OCC(COC(=O)CCCCCCCC/C=C\C/C=C\C/C=C\CCCCC)OC(=O)CCCCCCCCC/C=C\CCCCCCCCC. The molecule has 0 aliphatic heterocycles. The van der Waals surface area contributed by atoms with Crippen molar-refractivity contribution in [2.24, 2.45) is 0 Å². The van der Waals surface area contributed by atoms with E-state index in [1.165, 1.54) is 128 Å². The maximum atomic E-state index is 12.9. The Morgan fingerprint density at radius 1 is 0.292 bits per heavy atom. The summed E-state index contributed by atoms with van der Waals surface area (Å²) < 4.78 is 16.9. The standard InChI is InChI=1S/C66H112O6/c1-4-7-10-13-16-19-22-25-28-31-33-36-38-41-44-47-50-53-56-59-65(68)71-62-63(61-70-64(67)58-55-52-49-46-43-40-37-34-30-27-24-21-18-15-12-9-6-3)72-66(69)60-57-54-51-48-45-42-39-35-32-29-26-23-20-17-14-11-8-5-2/h9,12,16,18-19,21,25,27-30,32-33,36-37,40,63H,4-8,10-11,13-15,17,20,22-24,26,31,34-35,38-39,41-62H2,1-3H3/b12-9-,19-16-,21-18-,28-25-,30-27-,32-29-,36-33-,40-37-. The lowest BCUT2D eigenvalue weighted by molar-refractivity contribution is -0.167. The van der Waals surface area contributed by atoms with Crippen molar-refractivity contribution in [3.63, 3.8) is 0 Å². The minimum atomic E-state index is -0.798. The van der Waals surface area contributed by atoms with Crippen molar-refractivity contribution in [1.82, 2.24) is 0 Å². The van der Waals surface area contributed by atoms with Gasteiger partial charge in [0.2, 0.25) is 0 Å². The summed E-state index contributed by atoms with van der Waals surface area (Å²) in [5, 5.41) is 0. The molecule has 0 aromatic heterocycles. The molecule has 0 amide bonds. The minimum absolute atomic E-state index is 0.0943. The third-order valence-electron chi connectivity index (χ3n) is 12.8. The van der Waals surface area contributed by atoms with Gasteiger partial charge in [-0.05, 0) is 122 Å². The van der Waals surface area contributed by atoms with Gasteiger partial charge in [-0.15, -0.1) is 0 Å². The van der Waals surface area contributed by atoms with Crippen LogP contribution in [0.3, 0.4) is 0 Å². The monoisotopic (exact) mass is 1000 g/mol. The molecule has 0 saturated carbocycles. The first-order valence-corrected chi connectivity index (χ1v) is 30.2. The zero-order valence-corrected chi connectivity index (χ0v) is 47.2. The molecule has 72 heavy (non-hydrogen) atoms. The van der Waals surface area contributed by atoms with Gasteiger partial charge < -0.3 is 14.2 Å². The number of rotatable bonds is 54. The molecule has 1 unspecified atom stereocenters. The Balaban J connectivity index is 4.46. The third-order valence-corrected chi connectivity index (χ3v) is 12.8. The van der Waals surface area contributed by atoms with E-state index in [-0.39, 0.29) is 31.1 Å². The van der Waals surface area contributed by atoms with E-state index in [0.717, 1.165) is 116 Å². The van der Waals surface area contributed by atoms with Crippen molar-refractivity contribution >= 4 is 17.9 Å². The van der Waals surface area contributed by atoms with Crippen LogP contribution >= 0.6 is 0 Å². The van der Waals surface area contributed by atoms with E-state index in [2.05, 4.69) is 118 Å². The molecule has 0 radical (unpaired) electrons. The highest BCUT2D eigenvalue weighted by molar-refractivity contribution is 5.71. The molecule has 0 spiro atoms. The molecule has 0 N–H and O–H groups in total. The fourth-order valence-corrected chi connectivity index (χ4v) is 8.26. The Hall–Kier alpha value is -3.67. The van der Waals surface area contributed by atoms with Gasteiger partial charge in [0.1, 0.15) is 13.2 Å². The first-order valence-electron chi connectivity index (χ1n) is 30.2. The predicted molar refractivity (Wildman–Crippen MR) is 311 cm³/mol. The Morgan fingerprint density at radius 3 is 0.889 bits per heavy atom. The van der Waals surface area contributed by atoms with Gasteiger partial charge in [-0.2, -0.15) is 0 Å². The van der Waals surface area contributed by atoms with Crippen LogP contribution in [0.5, 0.6) is 0 Å². The summed E-state index contributed by atoms with van der Waals surface area (Å²) in [6.07, 6.45) is 79.6. The predicted octanol–water partition coefficient (Wildman–Crippen LogP) is 20.5. The Kier molecular flexibility index (Phi) is 56.8. The summed E-state index contributed by atoms with van der Waals surface area (Å²) >= 11 is 0. The molecular weight excluding hydrogens is 889 g/mol. The summed E-state index contributed by atoms with van der Waals surface area (Å²) in [4.78, 5) is 38.3. The second-order valence-corrected chi connectivity index (χ2v) is 19.9. The van der Waals surface area contributed by atoms with Crippen LogP contribution < -0.4 is 0 Å². The Morgan fingerprint density at radius 2 is 0.542 bits per heavy atom. The van der Waals surface area contributed by atoms with Crippen LogP contribution in [0.1, 0.15) is 284 Å². The van der Waals surface area contributed by atoms with Crippen LogP contribution in [-0.2, 0) is 28.6 Å². The molecule has 6 heteroatoms. The van der Waals surface area contributed by atoms with E-state index in [1.807, 2.05) is 0 Å². The molecular formula is C66H112O6. The van der Waals surface area contributed by atoms with E-state index in [4.69, 9.17) is 14.2 Å². The van der Waals surface area contributed by atoms with Crippen LogP contribution in [0.25, 0.3) is 0 Å². The molecule has 0 aliphatic carbocycles. The van der Waals surface area contributed by atoms with Gasteiger partial charge in [0, 0.05) is 19.3 Å². The number of unbranched alkanes of at least 4 members (excludes halogenated alkanes) is 27. The highest BCUT2D eigenvalue weighted by Crippen LogP contribution is 2.15. The van der Waals surface area contributed by atoms with Crippen molar-refractivity contribution < 1.29 is 28.6 Å². The first-order chi connectivity index (χ1) is 35.5. The zero-order valence-electron chi connectivity index (χ0n) is 47.2. The summed E-state index contributed by atoms with van der Waals surface area (Å²) in [6.45, 7) is 6.48. The molecule has 0 rings (SSSR count). The van der Waals surface area contributed by atoms with Gasteiger partial charge in [0.05, 0.1) is 0 Å². The van der Waals surface area contributed by atoms with Gasteiger partial charge in [0.25, 0.3) is 0 Å². The van der Waals surface area contributed by atoms with Crippen LogP contribution in [0.4, 0.5) is 0 Å². The van der Waals surface area contributed by atoms with Crippen molar-refractivity contribution in [2.75, 3.05) is 13.2 Å². The van der Waals surface area contributed by atoms with Crippen LogP contribution in [0.15, 0.2) is 97.2 Å². The van der Waals surface area contributed by atoms with Crippen LogP contribution in [0.2, 0.25) is 0 Å². The lowest BCUT2D eigenvalue weighted by Gasteiger charge is -2.18. The maximum Gasteiger partial charge on any atom is 0.306 e. The van der Waals surface area contributed by atoms with E-state index in [1.54, 1.807) is 0 Å². The molecule has 412 valence electrons. The van der Waals surface area contributed by atoms with Gasteiger partial charge in [-0.25, -0.2) is 0 Å². The molecule has 0 aliphatic rings. The van der Waals surface area contributed by atoms with Crippen molar-refractivity contribution in [1.29, 1.82) is 0 Å². The topological polar surface area (TPSA) is 78.9 Å². The maximum absolute atomic E-state index is 12.9. The summed E-state index contributed by atoms with van der Waals surface area (Å²) in [5.74, 6) is -0.928. The first kappa shape index (κ1) is 68.3. The number of ether oxygens (including phenoxy) is 3. The van der Waals surface area contributed by atoms with Crippen molar-refractivity contribution in [3.8, 4) is 0 Å². The fourth-order valence-electron chi connectivity index (χ4n) is 8.26. The minimum Gasteiger partial charge on any atom is -0.462 e. The van der Waals surface area contributed by atoms with Gasteiger partial charge in [-0.1, -0.05) is 240 Å². The summed E-state index contributed by atoms with van der Waals surface area (Å²) in [7, 11) is 0. The van der Waals surface area contributed by atoms with Crippen molar-refractivity contribution in [2.45, 2.75) is 290 Å². The third kappa shape index (κ3) is 57.2. The molecule has 0 fully saturated rings. The molecule has 0 aromatic rings. The molecule has 0 heterocycles. The second kappa shape index (κ2) is 59.9. The van der Waals surface area contributed by atoms with E-state index in [9.17, 15) is 14.4 Å². The normalized spacial score (nSPS) is 12.8. The number of carbonyl (C=O) groups excluding carboxylic acids is 3. The summed E-state index contributed by atoms with van der Waals surface area (Å²) in [6, 6.07) is 0. The lowest BCUT2D eigenvalue weighted by Crippen LogP contribution is -2.30. The highest BCUT2D eigenvalue weighted by atomic mass is 16.6. The van der Waals surface area contributed by atoms with Crippen molar-refractivity contribution in [3.05, 3.63) is 97.2 Å². The van der Waals surface area contributed by atoms with E-state index >= 15 is 0 Å². The molecule has 1 atom stereocenters. The largest absolute Gasteiger partial charge is 0.462 e. The molecule has 0 bridgehead atoms. The quantitative estimate of drug-likeness (QED) is 0.0261. The Labute approximate surface area is 445 Å². The highest BCUT2D eigenvalue weighted by Gasteiger charge is 2.19. The van der Waals surface area contributed by atoms with E-state index < -0.39 is 6.10 Å². The molecule has 0 aromatic carbocycles. The number of esters is 3. The van der Waals surface area contributed by atoms with Gasteiger partial charge >= 0.3 is 17.9 Å². The van der Waals surface area contributed by atoms with E-state index in [0.29, 0.717) is 19.3 Å². The summed E-state index contributed by atoms with van der Waals surface area (Å²) in [5.41, 5.74) is 0. The fraction of sp³-hybridized carbons (Fsp3) is 0.712. The average molecular weight is 1000 g/mol. The molecule has 6 nitrogen and oxygen atoms in total. The molecule has 0 saturated heterocycles. The number of hydrogen-bond acceptors (Lipinski definition) is 6. The average Bonchev–Trinajstić information content (AvgIpc) is 3.38. The number of hydrogen-bond donors (Lipinski definition) is 0.